The average molecular weight is 336 g/mol. The molecule has 4 nitrogen and oxygen atoms in total. The fourth-order valence-corrected chi connectivity index (χ4v) is 1.92. The van der Waals surface area contributed by atoms with Crippen molar-refractivity contribution in [2.24, 2.45) is 0 Å². The normalized spacial score (nSPS) is 11.6. The first kappa shape index (κ1) is 13.9. The maximum absolute atomic E-state index is 12.7. The second-order valence-corrected chi connectivity index (χ2v) is 4.43. The molecule has 0 spiro atoms. The first-order chi connectivity index (χ1) is 8.91. The second kappa shape index (κ2) is 5.20. The lowest BCUT2D eigenvalue weighted by Crippen LogP contribution is -2.15. The first-order valence-electron chi connectivity index (χ1n) is 5.20. The molecule has 0 saturated carbocycles. The topological polar surface area (TPSA) is 39.9 Å². The van der Waals surface area contributed by atoms with Gasteiger partial charge in [-0.3, -0.25) is 4.57 Å². The molecule has 0 saturated heterocycles. The Labute approximate surface area is 115 Å². The van der Waals surface area contributed by atoms with E-state index in [-0.39, 0.29) is 11.3 Å². The molecule has 2 aromatic rings. The van der Waals surface area contributed by atoms with Crippen LogP contribution < -0.4 is 4.74 Å². The van der Waals surface area contributed by atoms with Crippen molar-refractivity contribution in [3.8, 4) is 5.75 Å². The highest BCUT2D eigenvalue weighted by Gasteiger charge is 2.38. The molecular weight excluding hydrogens is 327 g/mol. The maximum Gasteiger partial charge on any atom is 0.451 e. The third-order valence-corrected chi connectivity index (χ3v) is 3.05. The summed E-state index contributed by atoms with van der Waals surface area (Å²) in [4.78, 5) is 0. The van der Waals surface area contributed by atoms with Crippen LogP contribution in [0.5, 0.6) is 5.75 Å². The summed E-state index contributed by atoms with van der Waals surface area (Å²) in [5, 5.41) is 6.53. The van der Waals surface area contributed by atoms with Crippen molar-refractivity contribution in [3.05, 3.63) is 40.4 Å². The predicted octanol–water partition coefficient (Wildman–Crippen LogP) is 3.12. The largest absolute Gasteiger partial charge is 0.497 e. The second-order valence-electron chi connectivity index (χ2n) is 3.72. The quantitative estimate of drug-likeness (QED) is 0.865. The van der Waals surface area contributed by atoms with Crippen LogP contribution in [0.3, 0.4) is 0 Å². The van der Waals surface area contributed by atoms with Gasteiger partial charge >= 0.3 is 6.18 Å². The lowest BCUT2D eigenvalue weighted by atomic mass is 10.2. The van der Waals surface area contributed by atoms with Gasteiger partial charge in [0.05, 0.1) is 13.7 Å². The van der Waals surface area contributed by atoms with Crippen molar-refractivity contribution in [2.45, 2.75) is 12.7 Å². The van der Waals surface area contributed by atoms with E-state index in [1.165, 1.54) is 7.11 Å². The molecule has 1 aromatic heterocycles. The highest BCUT2D eigenvalue weighted by atomic mass is 79.9. The number of ether oxygens (including phenoxy) is 1. The Bertz CT molecular complexity index is 566. The van der Waals surface area contributed by atoms with Crippen LogP contribution >= 0.6 is 15.9 Å². The SMILES string of the molecule is COc1ccc(Cn2c(Br)nnc2C(F)(F)F)cc1. The van der Waals surface area contributed by atoms with Gasteiger partial charge in [0.2, 0.25) is 10.6 Å². The summed E-state index contributed by atoms with van der Waals surface area (Å²) in [7, 11) is 1.52. The lowest BCUT2D eigenvalue weighted by Gasteiger charge is -2.10. The number of halogens is 4. The van der Waals surface area contributed by atoms with Crippen LogP contribution in [0.4, 0.5) is 13.2 Å². The van der Waals surface area contributed by atoms with Crippen LogP contribution in [0.15, 0.2) is 29.0 Å². The van der Waals surface area contributed by atoms with Gasteiger partial charge in [0, 0.05) is 0 Å². The van der Waals surface area contributed by atoms with Gasteiger partial charge in [0.25, 0.3) is 0 Å². The zero-order chi connectivity index (χ0) is 14.0. The Morgan fingerprint density at radius 3 is 2.37 bits per heavy atom. The highest BCUT2D eigenvalue weighted by molar-refractivity contribution is 9.10. The maximum atomic E-state index is 12.7. The van der Waals surface area contributed by atoms with E-state index in [0.29, 0.717) is 11.3 Å². The number of rotatable bonds is 3. The van der Waals surface area contributed by atoms with Crippen molar-refractivity contribution in [3.63, 3.8) is 0 Å². The minimum absolute atomic E-state index is 0.0203. The van der Waals surface area contributed by atoms with E-state index in [1.807, 2.05) is 0 Å². The zero-order valence-electron chi connectivity index (χ0n) is 9.78. The molecule has 102 valence electrons. The third-order valence-electron chi connectivity index (χ3n) is 2.46. The molecule has 0 atom stereocenters. The molecule has 0 bridgehead atoms. The summed E-state index contributed by atoms with van der Waals surface area (Å²) in [6, 6.07) is 6.73. The zero-order valence-corrected chi connectivity index (χ0v) is 11.4. The summed E-state index contributed by atoms with van der Waals surface area (Å²) in [5.41, 5.74) is 0.687. The number of aromatic nitrogens is 3. The van der Waals surface area contributed by atoms with Gasteiger partial charge in [-0.1, -0.05) is 12.1 Å². The molecule has 0 aliphatic carbocycles. The van der Waals surface area contributed by atoms with Gasteiger partial charge in [0.15, 0.2) is 0 Å². The van der Waals surface area contributed by atoms with Crippen molar-refractivity contribution in [1.29, 1.82) is 0 Å². The summed E-state index contributed by atoms with van der Waals surface area (Å²) in [6.45, 7) is 0.0203. The third kappa shape index (κ3) is 3.06. The van der Waals surface area contributed by atoms with E-state index < -0.39 is 12.0 Å². The molecule has 19 heavy (non-hydrogen) atoms. The summed E-state index contributed by atoms with van der Waals surface area (Å²) >= 11 is 2.96. The van der Waals surface area contributed by atoms with Crippen LogP contribution in [0, 0.1) is 0 Å². The van der Waals surface area contributed by atoms with Gasteiger partial charge in [-0.2, -0.15) is 13.2 Å². The molecule has 0 aliphatic rings. The van der Waals surface area contributed by atoms with E-state index in [9.17, 15) is 13.2 Å². The van der Waals surface area contributed by atoms with E-state index in [0.717, 1.165) is 4.57 Å². The van der Waals surface area contributed by atoms with Crippen LogP contribution in [0.25, 0.3) is 0 Å². The van der Waals surface area contributed by atoms with Crippen LogP contribution in [-0.4, -0.2) is 21.9 Å². The van der Waals surface area contributed by atoms with Crippen molar-refractivity contribution in [1.82, 2.24) is 14.8 Å². The van der Waals surface area contributed by atoms with Gasteiger partial charge < -0.3 is 4.74 Å². The van der Waals surface area contributed by atoms with Gasteiger partial charge in [-0.25, -0.2) is 0 Å². The lowest BCUT2D eigenvalue weighted by molar-refractivity contribution is -0.147. The molecule has 0 radical (unpaired) electrons. The van der Waals surface area contributed by atoms with Crippen molar-refractivity contribution < 1.29 is 17.9 Å². The molecule has 2 rings (SSSR count). The Morgan fingerprint density at radius 2 is 1.84 bits per heavy atom. The fourth-order valence-electron chi connectivity index (χ4n) is 1.55. The van der Waals surface area contributed by atoms with Crippen LogP contribution in [-0.2, 0) is 12.7 Å². The van der Waals surface area contributed by atoms with Gasteiger partial charge in [-0.05, 0) is 33.6 Å². The van der Waals surface area contributed by atoms with E-state index in [2.05, 4.69) is 26.1 Å². The van der Waals surface area contributed by atoms with Gasteiger partial charge in [-0.15, -0.1) is 10.2 Å². The Kier molecular flexibility index (Phi) is 3.79. The van der Waals surface area contributed by atoms with Crippen LogP contribution in [0.2, 0.25) is 0 Å². The average Bonchev–Trinajstić information content (AvgIpc) is 2.72. The molecule has 0 fully saturated rings. The summed E-state index contributed by atoms with van der Waals surface area (Å²) in [6.07, 6.45) is -4.54. The number of hydrogen-bond donors (Lipinski definition) is 0. The highest BCUT2D eigenvalue weighted by Crippen LogP contribution is 2.30. The summed E-state index contributed by atoms with van der Waals surface area (Å²) in [5.74, 6) is -0.391. The standard InChI is InChI=1S/C11H9BrF3N3O/c1-19-8-4-2-7(3-5-8)6-18-9(11(13,14)15)16-17-10(18)12/h2-5H,6H2,1H3. The molecule has 1 heterocycles. The van der Waals surface area contributed by atoms with E-state index >= 15 is 0 Å². The number of alkyl halides is 3. The number of benzene rings is 1. The molecule has 0 N–H and O–H groups in total. The minimum Gasteiger partial charge on any atom is -0.497 e. The number of methoxy groups -OCH3 is 1. The Morgan fingerprint density at radius 1 is 1.21 bits per heavy atom. The molecule has 0 amide bonds. The molecular formula is C11H9BrF3N3O. The Hall–Kier alpha value is -1.57. The molecule has 0 unspecified atom stereocenters. The number of nitrogens with zero attached hydrogens (tertiary/aromatic N) is 3. The molecule has 8 heteroatoms. The van der Waals surface area contributed by atoms with E-state index in [1.54, 1.807) is 24.3 Å². The monoisotopic (exact) mass is 335 g/mol. The van der Waals surface area contributed by atoms with Crippen LogP contribution in [0.1, 0.15) is 11.4 Å². The fraction of sp³-hybridized carbons (Fsp3) is 0.273. The predicted molar refractivity (Wildman–Crippen MR) is 64.8 cm³/mol. The van der Waals surface area contributed by atoms with Gasteiger partial charge in [0.1, 0.15) is 5.75 Å². The molecule has 0 aliphatic heterocycles. The summed E-state index contributed by atoms with van der Waals surface area (Å²) < 4.78 is 44.1. The minimum atomic E-state index is -4.54. The first-order valence-corrected chi connectivity index (χ1v) is 6.00. The van der Waals surface area contributed by atoms with Crippen molar-refractivity contribution in [2.75, 3.05) is 7.11 Å². The Balaban J connectivity index is 2.30. The number of hydrogen-bond acceptors (Lipinski definition) is 3. The van der Waals surface area contributed by atoms with Crippen molar-refractivity contribution >= 4 is 15.9 Å². The molecule has 1 aromatic carbocycles. The smallest absolute Gasteiger partial charge is 0.451 e. The van der Waals surface area contributed by atoms with E-state index in [4.69, 9.17) is 4.74 Å².